The number of imidazole rings is 1. The molecule has 25 heavy (non-hydrogen) atoms. The highest BCUT2D eigenvalue weighted by molar-refractivity contribution is 5.04. The van der Waals surface area contributed by atoms with Crippen LogP contribution in [0.25, 0.3) is 0 Å². The van der Waals surface area contributed by atoms with Gasteiger partial charge in [0.25, 0.3) is 0 Å². The lowest BCUT2D eigenvalue weighted by molar-refractivity contribution is -0.138. The first-order chi connectivity index (χ1) is 12.2. The van der Waals surface area contributed by atoms with Gasteiger partial charge in [-0.3, -0.25) is 14.8 Å². The molecule has 4 rings (SSSR count). The normalized spacial score (nSPS) is 21.6. The zero-order chi connectivity index (χ0) is 17.1. The molecule has 0 atom stereocenters. The molecule has 2 saturated heterocycles. The molecule has 0 N–H and O–H groups in total. The maximum Gasteiger partial charge on any atom is 0.122 e. The minimum absolute atomic E-state index is 0.0190. The molecule has 0 bridgehead atoms. The van der Waals surface area contributed by atoms with Crippen molar-refractivity contribution in [2.24, 2.45) is 7.05 Å². The summed E-state index contributed by atoms with van der Waals surface area (Å²) in [6.07, 6.45) is 7.95. The third-order valence-corrected chi connectivity index (χ3v) is 5.49. The number of aryl methyl sites for hydroxylation is 1. The second-order valence-corrected chi connectivity index (χ2v) is 7.29. The Balaban J connectivity index is 1.33. The van der Waals surface area contributed by atoms with Crippen LogP contribution < -0.4 is 0 Å². The van der Waals surface area contributed by atoms with Gasteiger partial charge in [0.05, 0.1) is 24.4 Å². The number of pyridine rings is 1. The first-order valence-corrected chi connectivity index (χ1v) is 9.17. The minimum Gasteiger partial charge on any atom is -0.372 e. The predicted octanol–water partition coefficient (Wildman–Crippen LogP) is 1.68. The molecule has 0 amide bonds. The number of likely N-dealkylation sites (tertiary alicyclic amines) is 1. The van der Waals surface area contributed by atoms with E-state index in [2.05, 4.69) is 43.5 Å². The number of hydrogen-bond donors (Lipinski definition) is 0. The molecule has 2 aromatic rings. The molecule has 0 aromatic carbocycles. The number of hydrogen-bond acceptors (Lipinski definition) is 5. The van der Waals surface area contributed by atoms with Gasteiger partial charge in [-0.1, -0.05) is 6.07 Å². The summed E-state index contributed by atoms with van der Waals surface area (Å²) >= 11 is 0. The van der Waals surface area contributed by atoms with Crippen molar-refractivity contribution in [2.75, 3.05) is 32.8 Å². The van der Waals surface area contributed by atoms with Crippen molar-refractivity contribution in [1.29, 1.82) is 0 Å². The summed E-state index contributed by atoms with van der Waals surface area (Å²) in [5.74, 6) is 1.14. The van der Waals surface area contributed by atoms with Crippen molar-refractivity contribution in [2.45, 2.75) is 31.5 Å². The Morgan fingerprint density at radius 2 is 1.92 bits per heavy atom. The van der Waals surface area contributed by atoms with Crippen LogP contribution >= 0.6 is 0 Å². The van der Waals surface area contributed by atoms with Crippen LogP contribution in [-0.4, -0.2) is 62.7 Å². The molecule has 134 valence electrons. The largest absolute Gasteiger partial charge is 0.372 e. The van der Waals surface area contributed by atoms with Gasteiger partial charge in [-0.25, -0.2) is 4.98 Å². The number of rotatable bonds is 4. The summed E-state index contributed by atoms with van der Waals surface area (Å²) in [7, 11) is 2.06. The van der Waals surface area contributed by atoms with Gasteiger partial charge in [0, 0.05) is 58.4 Å². The summed E-state index contributed by atoms with van der Waals surface area (Å²) in [6.45, 7) is 6.83. The molecule has 2 aromatic heterocycles. The van der Waals surface area contributed by atoms with Crippen LogP contribution in [0.2, 0.25) is 0 Å². The molecule has 1 spiro atoms. The first-order valence-electron chi connectivity index (χ1n) is 9.17. The van der Waals surface area contributed by atoms with Crippen molar-refractivity contribution in [1.82, 2.24) is 24.3 Å². The molecule has 0 radical (unpaired) electrons. The number of morpholine rings is 1. The van der Waals surface area contributed by atoms with Gasteiger partial charge in [0.15, 0.2) is 0 Å². The lowest BCUT2D eigenvalue weighted by atomic mass is 9.89. The molecule has 2 aliphatic heterocycles. The van der Waals surface area contributed by atoms with Gasteiger partial charge < -0.3 is 9.30 Å². The van der Waals surface area contributed by atoms with Crippen LogP contribution in [0, 0.1) is 0 Å². The highest BCUT2D eigenvalue weighted by Crippen LogP contribution is 2.31. The van der Waals surface area contributed by atoms with Crippen LogP contribution in [0.1, 0.15) is 24.4 Å². The zero-order valence-electron chi connectivity index (χ0n) is 15.0. The average molecular weight is 341 g/mol. The van der Waals surface area contributed by atoms with Crippen molar-refractivity contribution in [3.8, 4) is 0 Å². The Kier molecular flexibility index (Phi) is 4.83. The molecule has 6 nitrogen and oxygen atoms in total. The summed E-state index contributed by atoms with van der Waals surface area (Å²) in [5, 5.41) is 0. The van der Waals surface area contributed by atoms with Gasteiger partial charge in [-0.2, -0.15) is 0 Å². The lowest BCUT2D eigenvalue weighted by Gasteiger charge is -2.47. The van der Waals surface area contributed by atoms with Gasteiger partial charge >= 0.3 is 0 Å². The summed E-state index contributed by atoms with van der Waals surface area (Å²) in [5.41, 5.74) is 1.16. The smallest absolute Gasteiger partial charge is 0.122 e. The summed E-state index contributed by atoms with van der Waals surface area (Å²) in [6, 6.07) is 6.15. The van der Waals surface area contributed by atoms with E-state index >= 15 is 0 Å². The number of piperidine rings is 1. The first kappa shape index (κ1) is 16.7. The van der Waals surface area contributed by atoms with E-state index < -0.39 is 0 Å². The van der Waals surface area contributed by atoms with E-state index in [1.807, 2.05) is 24.7 Å². The molecular formula is C19H27N5O. The topological polar surface area (TPSA) is 46.4 Å². The third-order valence-electron chi connectivity index (χ3n) is 5.49. The van der Waals surface area contributed by atoms with Crippen molar-refractivity contribution < 1.29 is 4.74 Å². The molecule has 0 saturated carbocycles. The SMILES string of the molecule is Cn1ccnc1CN1CCC2(CC1)CN(Cc1ccccn1)CCO2. The third kappa shape index (κ3) is 3.92. The highest BCUT2D eigenvalue weighted by Gasteiger charge is 2.39. The zero-order valence-corrected chi connectivity index (χ0v) is 15.0. The van der Waals surface area contributed by atoms with Crippen LogP contribution in [0.4, 0.5) is 0 Å². The van der Waals surface area contributed by atoms with Crippen LogP contribution in [0.15, 0.2) is 36.8 Å². The molecule has 4 heterocycles. The second-order valence-electron chi connectivity index (χ2n) is 7.29. The Morgan fingerprint density at radius 1 is 1.04 bits per heavy atom. The second kappa shape index (κ2) is 7.23. The monoisotopic (exact) mass is 341 g/mol. The van der Waals surface area contributed by atoms with E-state index in [1.165, 1.54) is 0 Å². The molecular weight excluding hydrogens is 314 g/mol. The maximum absolute atomic E-state index is 6.27. The van der Waals surface area contributed by atoms with E-state index in [0.29, 0.717) is 0 Å². The summed E-state index contributed by atoms with van der Waals surface area (Å²) < 4.78 is 8.38. The van der Waals surface area contributed by atoms with Crippen molar-refractivity contribution >= 4 is 0 Å². The predicted molar refractivity (Wildman–Crippen MR) is 95.9 cm³/mol. The molecule has 2 fully saturated rings. The minimum atomic E-state index is 0.0190. The molecule has 6 heteroatoms. The fraction of sp³-hybridized carbons (Fsp3) is 0.579. The Hall–Kier alpha value is -1.76. The number of ether oxygens (including phenoxy) is 1. The maximum atomic E-state index is 6.27. The van der Waals surface area contributed by atoms with Crippen LogP contribution in [0.5, 0.6) is 0 Å². The van der Waals surface area contributed by atoms with Gasteiger partial charge in [-0.05, 0) is 25.0 Å². The van der Waals surface area contributed by atoms with E-state index in [-0.39, 0.29) is 5.60 Å². The Morgan fingerprint density at radius 3 is 2.64 bits per heavy atom. The molecule has 0 aliphatic carbocycles. The van der Waals surface area contributed by atoms with E-state index in [9.17, 15) is 0 Å². The Labute approximate surface area is 149 Å². The number of nitrogens with zero attached hydrogens (tertiary/aromatic N) is 5. The molecule has 2 aliphatic rings. The van der Waals surface area contributed by atoms with E-state index in [0.717, 1.165) is 70.2 Å². The molecule has 0 unspecified atom stereocenters. The fourth-order valence-electron chi connectivity index (χ4n) is 3.95. The van der Waals surface area contributed by atoms with Gasteiger partial charge in [0.2, 0.25) is 0 Å². The van der Waals surface area contributed by atoms with E-state index in [4.69, 9.17) is 4.74 Å². The van der Waals surface area contributed by atoms with Crippen molar-refractivity contribution in [3.05, 3.63) is 48.3 Å². The lowest BCUT2D eigenvalue weighted by Crippen LogP contribution is -2.56. The van der Waals surface area contributed by atoms with Gasteiger partial charge in [-0.15, -0.1) is 0 Å². The summed E-state index contributed by atoms with van der Waals surface area (Å²) in [4.78, 5) is 13.9. The van der Waals surface area contributed by atoms with E-state index in [1.54, 1.807) is 0 Å². The quantitative estimate of drug-likeness (QED) is 0.847. The van der Waals surface area contributed by atoms with Crippen LogP contribution in [0.3, 0.4) is 0 Å². The Bertz CT molecular complexity index is 678. The van der Waals surface area contributed by atoms with Crippen molar-refractivity contribution in [3.63, 3.8) is 0 Å². The van der Waals surface area contributed by atoms with Crippen LogP contribution in [-0.2, 0) is 24.9 Å². The van der Waals surface area contributed by atoms with Gasteiger partial charge in [0.1, 0.15) is 5.82 Å². The average Bonchev–Trinajstić information content (AvgIpc) is 3.03. The standard InChI is InChI=1S/C19H27N5O/c1-22-11-8-21-18(22)15-23-9-5-19(6-10-23)16-24(12-13-25-19)14-17-4-2-3-7-20-17/h2-4,7-8,11H,5-6,9-10,12-16H2,1H3. The highest BCUT2D eigenvalue weighted by atomic mass is 16.5. The fourth-order valence-corrected chi connectivity index (χ4v) is 3.95. The number of aromatic nitrogens is 3.